The lowest BCUT2D eigenvalue weighted by atomic mass is 9.97. The number of nitrogens with one attached hydrogen (secondary N) is 1. The SMILES string of the molecule is C[C@@H]1CCC[C@H](n2cnc(-c3c(F)ccc(Cl)c3F)cc2=O)c2cc(ccn2)-c2c(cnn2C(F)F)NC1=O.O=C(O)C(F)(F)F. The summed E-state index contributed by atoms with van der Waals surface area (Å²) in [4.78, 5) is 43.4. The average molecular weight is 675 g/mol. The highest BCUT2D eigenvalue weighted by Crippen LogP contribution is 2.35. The van der Waals surface area contributed by atoms with E-state index in [2.05, 4.69) is 20.4 Å². The molecule has 5 rings (SSSR count). The molecule has 1 aliphatic rings. The first-order chi connectivity index (χ1) is 21.6. The molecule has 0 fully saturated rings. The predicted octanol–water partition coefficient (Wildman–Crippen LogP) is 6.48. The van der Waals surface area contributed by atoms with Crippen molar-refractivity contribution in [2.45, 2.75) is 45.0 Å². The van der Waals surface area contributed by atoms with Gasteiger partial charge in [-0.2, -0.15) is 27.1 Å². The number of nitrogens with zero attached hydrogens (tertiary/aromatic N) is 5. The van der Waals surface area contributed by atoms with Crippen LogP contribution in [-0.2, 0) is 9.59 Å². The van der Waals surface area contributed by atoms with Crippen LogP contribution in [-0.4, -0.2) is 47.5 Å². The van der Waals surface area contributed by atoms with Crippen molar-refractivity contribution in [2.24, 2.45) is 5.92 Å². The summed E-state index contributed by atoms with van der Waals surface area (Å²) in [5.74, 6) is -5.55. The van der Waals surface area contributed by atoms with Gasteiger partial charge in [0.05, 0.1) is 51.9 Å². The van der Waals surface area contributed by atoms with Crippen LogP contribution >= 0.6 is 11.6 Å². The van der Waals surface area contributed by atoms with Crippen LogP contribution in [0.2, 0.25) is 5.02 Å². The number of rotatable bonds is 3. The number of halogens is 8. The second-order valence-electron chi connectivity index (χ2n) is 9.98. The number of amides is 1. The molecular weight excluding hydrogens is 653 g/mol. The highest BCUT2D eigenvalue weighted by Gasteiger charge is 2.38. The summed E-state index contributed by atoms with van der Waals surface area (Å²) in [5, 5.41) is 13.2. The number of carboxylic acid groups (broad SMARTS) is 1. The lowest BCUT2D eigenvalue weighted by Gasteiger charge is -2.22. The van der Waals surface area contributed by atoms with Gasteiger partial charge < -0.3 is 10.4 Å². The Bertz CT molecular complexity index is 1830. The number of carbonyl (C=O) groups excluding carboxylic acids is 1. The van der Waals surface area contributed by atoms with E-state index < -0.39 is 53.4 Å². The van der Waals surface area contributed by atoms with Crippen molar-refractivity contribution in [2.75, 3.05) is 5.32 Å². The molecule has 1 aromatic carbocycles. The molecular formula is C28H22ClF7N6O4. The maximum absolute atomic E-state index is 14.6. The zero-order valence-electron chi connectivity index (χ0n) is 23.4. The highest BCUT2D eigenvalue weighted by molar-refractivity contribution is 6.31. The Morgan fingerprint density at radius 1 is 1.11 bits per heavy atom. The monoisotopic (exact) mass is 674 g/mol. The topological polar surface area (TPSA) is 132 Å². The molecule has 0 unspecified atom stereocenters. The van der Waals surface area contributed by atoms with Crippen LogP contribution in [0.25, 0.3) is 22.5 Å². The second kappa shape index (κ2) is 13.7. The van der Waals surface area contributed by atoms with Gasteiger partial charge in [-0.1, -0.05) is 24.9 Å². The molecule has 0 radical (unpaired) electrons. The molecule has 3 aromatic heterocycles. The maximum atomic E-state index is 14.6. The minimum atomic E-state index is -5.08. The highest BCUT2D eigenvalue weighted by atomic mass is 35.5. The van der Waals surface area contributed by atoms with E-state index in [1.165, 1.54) is 22.9 Å². The summed E-state index contributed by atoms with van der Waals surface area (Å²) >= 11 is 5.79. The lowest BCUT2D eigenvalue weighted by molar-refractivity contribution is -0.192. The zero-order valence-corrected chi connectivity index (χ0v) is 24.2. The molecule has 2 atom stereocenters. The van der Waals surface area contributed by atoms with Gasteiger partial charge in [-0.15, -0.1) is 0 Å². The third-order valence-electron chi connectivity index (χ3n) is 6.91. The van der Waals surface area contributed by atoms with E-state index in [-0.39, 0.29) is 28.0 Å². The molecule has 4 aromatic rings. The Labute approximate surface area is 259 Å². The van der Waals surface area contributed by atoms with Gasteiger partial charge in [0.2, 0.25) is 5.91 Å². The van der Waals surface area contributed by atoms with Crippen molar-refractivity contribution >= 4 is 29.2 Å². The lowest BCUT2D eigenvalue weighted by Crippen LogP contribution is -2.27. The van der Waals surface area contributed by atoms with Crippen LogP contribution in [0.15, 0.2) is 53.8 Å². The summed E-state index contributed by atoms with van der Waals surface area (Å²) in [7, 11) is 0. The summed E-state index contributed by atoms with van der Waals surface area (Å²) < 4.78 is 90.0. The molecule has 46 heavy (non-hydrogen) atoms. The summed E-state index contributed by atoms with van der Waals surface area (Å²) in [5.41, 5.74) is -0.606. The van der Waals surface area contributed by atoms with Gasteiger partial charge in [-0.05, 0) is 37.1 Å². The number of aliphatic carboxylic acids is 1. The van der Waals surface area contributed by atoms with Crippen molar-refractivity contribution < 1.29 is 45.4 Å². The normalized spacial score (nSPS) is 16.8. The smallest absolute Gasteiger partial charge is 0.475 e. The molecule has 4 heterocycles. The van der Waals surface area contributed by atoms with Gasteiger partial charge in [0.1, 0.15) is 5.82 Å². The minimum absolute atomic E-state index is 0.0127. The molecule has 244 valence electrons. The van der Waals surface area contributed by atoms with E-state index in [0.717, 1.165) is 30.7 Å². The van der Waals surface area contributed by atoms with Crippen LogP contribution in [0, 0.1) is 17.6 Å². The van der Waals surface area contributed by atoms with E-state index in [4.69, 9.17) is 21.5 Å². The molecule has 0 saturated carbocycles. The van der Waals surface area contributed by atoms with E-state index in [9.17, 15) is 40.3 Å². The van der Waals surface area contributed by atoms with Gasteiger partial charge >= 0.3 is 18.7 Å². The molecule has 18 heteroatoms. The third-order valence-corrected chi connectivity index (χ3v) is 7.20. The molecule has 0 aliphatic carbocycles. The van der Waals surface area contributed by atoms with Gasteiger partial charge in [0.15, 0.2) is 5.82 Å². The number of aromatic nitrogens is 5. The number of carboxylic acids is 1. The first kappa shape index (κ1) is 34.1. The van der Waals surface area contributed by atoms with Crippen LogP contribution in [0.3, 0.4) is 0 Å². The van der Waals surface area contributed by atoms with E-state index in [0.29, 0.717) is 35.2 Å². The Balaban J connectivity index is 0.000000617. The second-order valence-corrected chi connectivity index (χ2v) is 10.4. The number of alkyl halides is 5. The van der Waals surface area contributed by atoms with E-state index >= 15 is 0 Å². The molecule has 1 aliphatic heterocycles. The summed E-state index contributed by atoms with van der Waals surface area (Å²) in [6.45, 7) is -1.27. The van der Waals surface area contributed by atoms with Gasteiger partial charge in [0, 0.05) is 23.7 Å². The fourth-order valence-electron chi connectivity index (χ4n) is 4.64. The number of anilines is 1. The largest absolute Gasteiger partial charge is 0.490 e. The van der Waals surface area contributed by atoms with Crippen molar-refractivity contribution in [3.63, 3.8) is 0 Å². The van der Waals surface area contributed by atoms with Crippen molar-refractivity contribution in [3.05, 3.63) is 81.8 Å². The fraction of sp³-hybridized carbons (Fsp3) is 0.286. The van der Waals surface area contributed by atoms with Gasteiger partial charge in [0.25, 0.3) is 5.56 Å². The minimum Gasteiger partial charge on any atom is -0.475 e. The molecule has 2 N–H and O–H groups in total. The molecule has 2 bridgehead atoms. The number of pyridine rings is 1. The number of carbonyl (C=O) groups is 2. The van der Waals surface area contributed by atoms with Crippen LogP contribution in [0.4, 0.5) is 36.4 Å². The Morgan fingerprint density at radius 2 is 1.80 bits per heavy atom. The van der Waals surface area contributed by atoms with E-state index in [1.54, 1.807) is 6.92 Å². The number of benzene rings is 1. The maximum Gasteiger partial charge on any atom is 0.490 e. The number of hydrogen-bond acceptors (Lipinski definition) is 6. The van der Waals surface area contributed by atoms with Crippen molar-refractivity contribution in [1.29, 1.82) is 0 Å². The van der Waals surface area contributed by atoms with Gasteiger partial charge in [-0.25, -0.2) is 23.2 Å². The Morgan fingerprint density at radius 3 is 2.43 bits per heavy atom. The Hall–Kier alpha value is -4.80. The predicted molar refractivity (Wildman–Crippen MR) is 149 cm³/mol. The van der Waals surface area contributed by atoms with Crippen LogP contribution in [0.1, 0.15) is 44.5 Å². The van der Waals surface area contributed by atoms with Crippen LogP contribution < -0.4 is 10.9 Å². The van der Waals surface area contributed by atoms with Crippen molar-refractivity contribution in [1.82, 2.24) is 24.3 Å². The molecule has 0 saturated heterocycles. The van der Waals surface area contributed by atoms with Crippen LogP contribution in [0.5, 0.6) is 0 Å². The number of hydrogen-bond donors (Lipinski definition) is 2. The first-order valence-electron chi connectivity index (χ1n) is 13.2. The standard InChI is InChI=1S/C26H21ClF4N6O2.C2HF3O2/c1-13-3-2-4-20(36-12-33-18(10-21(36)38)22-16(28)6-5-15(27)23(22)29)17-9-14(7-8-32-17)24-19(35-25(13)39)11-34-37(24)26(30)31;3-2(4,5)1(6)7/h5-13,20,26H,2-4H2,1H3,(H,35,39);(H,6,7)/t13-,20+;/m1./s1. The first-order valence-corrected chi connectivity index (χ1v) is 13.6. The average Bonchev–Trinajstić information content (AvgIpc) is 3.41. The summed E-state index contributed by atoms with van der Waals surface area (Å²) in [6, 6.07) is 5.36. The fourth-order valence-corrected chi connectivity index (χ4v) is 4.80. The molecule has 1 amide bonds. The zero-order chi connectivity index (χ0) is 33.9. The molecule has 0 spiro atoms. The van der Waals surface area contributed by atoms with E-state index in [1.807, 2.05) is 0 Å². The quantitative estimate of drug-likeness (QED) is 0.188. The third kappa shape index (κ3) is 7.35. The van der Waals surface area contributed by atoms with Crippen molar-refractivity contribution in [3.8, 4) is 22.5 Å². The summed E-state index contributed by atoms with van der Waals surface area (Å²) in [6.07, 6.45) is -0.0799. The Kier molecular flexibility index (Phi) is 10.1. The number of fused-ring (bicyclic) bond motifs is 4. The molecule has 10 nitrogen and oxygen atoms in total. The van der Waals surface area contributed by atoms with Gasteiger partial charge in [-0.3, -0.25) is 19.1 Å².